The van der Waals surface area contributed by atoms with Crippen molar-refractivity contribution in [1.29, 1.82) is 0 Å². The number of amides is 1. The van der Waals surface area contributed by atoms with Crippen molar-refractivity contribution in [2.75, 3.05) is 25.1 Å². The number of hydrogen-bond donors (Lipinski definition) is 1. The number of nitrogens with zero attached hydrogens (tertiary/aromatic N) is 1. The minimum atomic E-state index is -0.322. The van der Waals surface area contributed by atoms with Crippen LogP contribution in [0, 0.1) is 0 Å². The number of ether oxygens (including phenoxy) is 3. The molecule has 0 radical (unpaired) electrons. The van der Waals surface area contributed by atoms with Crippen molar-refractivity contribution in [2.24, 2.45) is 0 Å². The molecular weight excluding hydrogens is 344 g/mol. The van der Waals surface area contributed by atoms with E-state index in [-0.39, 0.29) is 17.0 Å². The molecule has 1 fully saturated rings. The number of hydrogen-bond acceptors (Lipinski definition) is 5. The highest BCUT2D eigenvalue weighted by Crippen LogP contribution is 2.27. The summed E-state index contributed by atoms with van der Waals surface area (Å²) in [5.74, 6) is 0.597. The summed E-state index contributed by atoms with van der Waals surface area (Å²) in [5.41, 5.74) is 0.931. The zero-order valence-electron chi connectivity index (χ0n) is 13.8. The Kier molecular flexibility index (Phi) is 5.73. The van der Waals surface area contributed by atoms with Gasteiger partial charge in [0.2, 0.25) is 5.88 Å². The molecule has 1 saturated heterocycles. The predicted molar refractivity (Wildman–Crippen MR) is 94.7 cm³/mol. The monoisotopic (exact) mass is 362 g/mol. The molecule has 25 heavy (non-hydrogen) atoms. The molecule has 3 rings (SSSR count). The highest BCUT2D eigenvalue weighted by atomic mass is 35.5. The van der Waals surface area contributed by atoms with Gasteiger partial charge in [0.1, 0.15) is 16.9 Å². The van der Waals surface area contributed by atoms with Gasteiger partial charge < -0.3 is 19.5 Å². The molecule has 1 aliphatic heterocycles. The first-order chi connectivity index (χ1) is 12.2. The molecule has 0 bridgehead atoms. The smallest absolute Gasteiger partial charge is 0.257 e. The standard InChI is InChI=1S/C18H19ClN2O4/c1-2-24-16-6-4-3-5-15(16)21-17(22)12-9-14(19)18(20-10-12)25-13-7-8-23-11-13/h3-6,9-10,13H,2,7-8,11H2,1H3,(H,21,22). The lowest BCUT2D eigenvalue weighted by molar-refractivity contribution is 0.102. The van der Waals surface area contributed by atoms with E-state index < -0.39 is 0 Å². The Balaban J connectivity index is 1.71. The molecule has 1 amide bonds. The molecule has 0 aliphatic carbocycles. The fraction of sp³-hybridized carbons (Fsp3) is 0.333. The van der Waals surface area contributed by atoms with Crippen LogP contribution in [-0.2, 0) is 4.74 Å². The first kappa shape index (κ1) is 17.5. The summed E-state index contributed by atoms with van der Waals surface area (Å²) < 4.78 is 16.4. The Morgan fingerprint density at radius 1 is 1.44 bits per heavy atom. The Labute approximate surface area is 151 Å². The van der Waals surface area contributed by atoms with Crippen molar-refractivity contribution in [3.8, 4) is 11.6 Å². The van der Waals surface area contributed by atoms with Gasteiger partial charge in [0, 0.05) is 12.6 Å². The lowest BCUT2D eigenvalue weighted by atomic mass is 10.2. The van der Waals surface area contributed by atoms with E-state index in [9.17, 15) is 4.79 Å². The van der Waals surface area contributed by atoms with E-state index in [1.54, 1.807) is 18.2 Å². The largest absolute Gasteiger partial charge is 0.492 e. The van der Waals surface area contributed by atoms with E-state index in [4.69, 9.17) is 25.8 Å². The minimum Gasteiger partial charge on any atom is -0.492 e. The van der Waals surface area contributed by atoms with E-state index in [1.807, 2.05) is 19.1 Å². The molecule has 1 atom stereocenters. The Hall–Kier alpha value is -2.31. The summed E-state index contributed by atoms with van der Waals surface area (Å²) in [6, 6.07) is 8.78. The summed E-state index contributed by atoms with van der Waals surface area (Å²) in [7, 11) is 0. The summed E-state index contributed by atoms with van der Waals surface area (Å²) in [6.07, 6.45) is 2.19. The molecule has 132 valence electrons. The maximum atomic E-state index is 12.5. The Morgan fingerprint density at radius 3 is 3.00 bits per heavy atom. The van der Waals surface area contributed by atoms with Crippen LogP contribution in [0.4, 0.5) is 5.69 Å². The second-order valence-electron chi connectivity index (χ2n) is 5.50. The lowest BCUT2D eigenvalue weighted by Crippen LogP contribution is -2.17. The van der Waals surface area contributed by atoms with Crippen LogP contribution in [0.3, 0.4) is 0 Å². The summed E-state index contributed by atoms with van der Waals surface area (Å²) in [5, 5.41) is 3.10. The predicted octanol–water partition coefficient (Wildman–Crippen LogP) is 3.55. The normalized spacial score (nSPS) is 16.5. The van der Waals surface area contributed by atoms with Crippen LogP contribution in [0.5, 0.6) is 11.6 Å². The molecule has 1 aromatic carbocycles. The van der Waals surface area contributed by atoms with Crippen molar-refractivity contribution >= 4 is 23.2 Å². The first-order valence-corrected chi connectivity index (χ1v) is 8.48. The molecule has 0 spiro atoms. The molecular formula is C18H19ClN2O4. The van der Waals surface area contributed by atoms with Gasteiger partial charge in [-0.2, -0.15) is 0 Å². The molecule has 1 unspecified atom stereocenters. The number of pyridine rings is 1. The molecule has 0 saturated carbocycles. The molecule has 1 N–H and O–H groups in total. The zero-order valence-corrected chi connectivity index (χ0v) is 14.6. The van der Waals surface area contributed by atoms with Gasteiger partial charge in [-0.3, -0.25) is 4.79 Å². The highest BCUT2D eigenvalue weighted by molar-refractivity contribution is 6.32. The van der Waals surface area contributed by atoms with Crippen LogP contribution in [0.15, 0.2) is 36.5 Å². The fourth-order valence-electron chi connectivity index (χ4n) is 2.45. The molecule has 6 nitrogen and oxygen atoms in total. The van der Waals surface area contributed by atoms with Gasteiger partial charge in [-0.05, 0) is 25.1 Å². The van der Waals surface area contributed by atoms with Crippen LogP contribution < -0.4 is 14.8 Å². The van der Waals surface area contributed by atoms with Gasteiger partial charge in [-0.15, -0.1) is 0 Å². The molecule has 1 aliphatic rings. The maximum Gasteiger partial charge on any atom is 0.257 e. The van der Waals surface area contributed by atoms with Crippen molar-refractivity contribution < 1.29 is 19.0 Å². The third-order valence-corrected chi connectivity index (χ3v) is 3.94. The van der Waals surface area contributed by atoms with Gasteiger partial charge in [-0.25, -0.2) is 4.98 Å². The van der Waals surface area contributed by atoms with Gasteiger partial charge in [0.15, 0.2) is 0 Å². The van der Waals surface area contributed by atoms with Crippen molar-refractivity contribution in [2.45, 2.75) is 19.4 Å². The number of benzene rings is 1. The van der Waals surface area contributed by atoms with E-state index >= 15 is 0 Å². The number of para-hydroxylation sites is 2. The van der Waals surface area contributed by atoms with Gasteiger partial charge in [0.25, 0.3) is 5.91 Å². The maximum absolute atomic E-state index is 12.5. The second kappa shape index (κ2) is 8.18. The van der Waals surface area contributed by atoms with Crippen LogP contribution in [0.25, 0.3) is 0 Å². The number of rotatable bonds is 6. The number of carbonyl (C=O) groups is 1. The van der Waals surface area contributed by atoms with Crippen LogP contribution >= 0.6 is 11.6 Å². The summed E-state index contributed by atoms with van der Waals surface area (Å²) >= 11 is 6.20. The topological polar surface area (TPSA) is 69.7 Å². The van der Waals surface area contributed by atoms with Crippen LogP contribution in [-0.4, -0.2) is 36.8 Å². The van der Waals surface area contributed by atoms with E-state index in [0.29, 0.717) is 42.7 Å². The minimum absolute atomic E-state index is 0.0530. The number of carbonyl (C=O) groups excluding carboxylic acids is 1. The average molecular weight is 363 g/mol. The fourth-order valence-corrected chi connectivity index (χ4v) is 2.66. The van der Waals surface area contributed by atoms with Crippen molar-refractivity contribution in [3.63, 3.8) is 0 Å². The van der Waals surface area contributed by atoms with E-state index in [2.05, 4.69) is 10.3 Å². The molecule has 7 heteroatoms. The van der Waals surface area contributed by atoms with Crippen molar-refractivity contribution in [3.05, 3.63) is 47.1 Å². The lowest BCUT2D eigenvalue weighted by Gasteiger charge is -2.13. The number of anilines is 1. The zero-order chi connectivity index (χ0) is 17.6. The quantitative estimate of drug-likeness (QED) is 0.850. The molecule has 2 heterocycles. The summed E-state index contributed by atoms with van der Waals surface area (Å²) in [6.45, 7) is 3.59. The number of aromatic nitrogens is 1. The molecule has 1 aromatic heterocycles. The van der Waals surface area contributed by atoms with Gasteiger partial charge >= 0.3 is 0 Å². The third kappa shape index (κ3) is 4.41. The second-order valence-corrected chi connectivity index (χ2v) is 5.90. The highest BCUT2D eigenvalue weighted by Gasteiger charge is 2.20. The average Bonchev–Trinajstić information content (AvgIpc) is 3.12. The van der Waals surface area contributed by atoms with Crippen LogP contribution in [0.2, 0.25) is 5.02 Å². The summed E-state index contributed by atoms with van der Waals surface area (Å²) in [4.78, 5) is 16.6. The number of nitrogens with one attached hydrogen (secondary N) is 1. The first-order valence-electron chi connectivity index (χ1n) is 8.10. The SMILES string of the molecule is CCOc1ccccc1NC(=O)c1cnc(OC2CCOC2)c(Cl)c1. The van der Waals surface area contributed by atoms with Crippen LogP contribution in [0.1, 0.15) is 23.7 Å². The van der Waals surface area contributed by atoms with E-state index in [1.165, 1.54) is 6.20 Å². The Morgan fingerprint density at radius 2 is 2.28 bits per heavy atom. The third-order valence-electron chi connectivity index (χ3n) is 3.67. The van der Waals surface area contributed by atoms with Gasteiger partial charge in [0.05, 0.1) is 31.1 Å². The van der Waals surface area contributed by atoms with Gasteiger partial charge in [-0.1, -0.05) is 23.7 Å². The Bertz CT molecular complexity index is 748. The van der Waals surface area contributed by atoms with E-state index in [0.717, 1.165) is 6.42 Å². The van der Waals surface area contributed by atoms with Crippen molar-refractivity contribution in [1.82, 2.24) is 4.98 Å². The molecule has 2 aromatic rings. The number of halogens is 1.